The summed E-state index contributed by atoms with van der Waals surface area (Å²) in [5.41, 5.74) is 0.208. The number of nitro groups is 2. The van der Waals surface area contributed by atoms with Crippen molar-refractivity contribution in [2.45, 2.75) is 32.6 Å². The predicted octanol–water partition coefficient (Wildman–Crippen LogP) is 4.31. The number of nitrogens with one attached hydrogen (secondary N) is 1. The summed E-state index contributed by atoms with van der Waals surface area (Å²) in [6.45, 7) is 6.65. The molecule has 0 aliphatic carbocycles. The van der Waals surface area contributed by atoms with Crippen molar-refractivity contribution >= 4 is 27.1 Å². The molecule has 0 unspecified atom stereocenters. The number of aromatic nitrogens is 4. The molecule has 0 spiro atoms. The lowest BCUT2D eigenvalue weighted by Crippen LogP contribution is -2.14. The molecule has 15 heteroatoms. The quantitative estimate of drug-likeness (QED) is 0.250. The van der Waals surface area contributed by atoms with Gasteiger partial charge in [0.05, 0.1) is 15.5 Å². The van der Waals surface area contributed by atoms with E-state index in [-0.39, 0.29) is 17.1 Å². The minimum absolute atomic E-state index is 0.102. The zero-order valence-electron chi connectivity index (χ0n) is 20.6. The van der Waals surface area contributed by atoms with Gasteiger partial charge in [-0.05, 0) is 58.0 Å². The van der Waals surface area contributed by atoms with E-state index >= 15 is 0 Å². The molecule has 14 nitrogen and oxygen atoms in total. The van der Waals surface area contributed by atoms with Gasteiger partial charge in [0.15, 0.2) is 5.82 Å². The van der Waals surface area contributed by atoms with E-state index in [2.05, 4.69) is 19.8 Å². The van der Waals surface area contributed by atoms with Crippen LogP contribution in [-0.4, -0.2) is 38.0 Å². The Bertz CT molecular complexity index is 1650. The number of hydrogen-bond acceptors (Lipinski definition) is 10. The molecular formula is C23H21N7O7S. The Labute approximate surface area is 216 Å². The van der Waals surface area contributed by atoms with Crippen LogP contribution in [0.5, 0.6) is 11.6 Å². The van der Waals surface area contributed by atoms with Gasteiger partial charge >= 0.3 is 0 Å². The monoisotopic (exact) mass is 539 g/mol. The molecule has 0 atom stereocenters. The number of nitro benzene ring substituents is 2. The second kappa shape index (κ2) is 9.85. The van der Waals surface area contributed by atoms with E-state index in [1.54, 1.807) is 17.7 Å². The van der Waals surface area contributed by atoms with Crippen molar-refractivity contribution in [2.75, 3.05) is 4.72 Å². The van der Waals surface area contributed by atoms with Gasteiger partial charge in [0, 0.05) is 29.6 Å². The fourth-order valence-electron chi connectivity index (χ4n) is 3.67. The molecule has 2 aromatic carbocycles. The average Bonchev–Trinajstić information content (AvgIpc) is 3.17. The standard InChI is InChI=1S/C23H21N7O7S/c1-13-9-14(2)28(26-13)22-12-23(25-16(4)24-22)37-18-7-5-17(6-8-18)27-38(35,36)19-10-20(29(31)32)15(3)21(11-19)30(33)34/h5-12,27H,1-4H3. The molecule has 2 aromatic heterocycles. The van der Waals surface area contributed by atoms with Crippen molar-refractivity contribution in [3.63, 3.8) is 0 Å². The third kappa shape index (κ3) is 5.41. The van der Waals surface area contributed by atoms with Crippen molar-refractivity contribution in [3.8, 4) is 17.4 Å². The van der Waals surface area contributed by atoms with E-state index in [1.807, 2.05) is 19.9 Å². The Balaban J connectivity index is 1.57. The van der Waals surface area contributed by atoms with Crippen LogP contribution in [0.15, 0.2) is 53.4 Å². The van der Waals surface area contributed by atoms with Crippen LogP contribution in [0.25, 0.3) is 5.82 Å². The molecule has 0 amide bonds. The van der Waals surface area contributed by atoms with E-state index < -0.39 is 36.1 Å². The number of rotatable bonds is 8. The zero-order chi connectivity index (χ0) is 27.8. The number of nitrogens with zero attached hydrogens (tertiary/aromatic N) is 6. The summed E-state index contributed by atoms with van der Waals surface area (Å²) < 4.78 is 35.5. The van der Waals surface area contributed by atoms with Gasteiger partial charge in [-0.2, -0.15) is 10.1 Å². The highest BCUT2D eigenvalue weighted by Gasteiger charge is 2.28. The van der Waals surface area contributed by atoms with Crippen molar-refractivity contribution in [1.82, 2.24) is 19.7 Å². The molecule has 1 N–H and O–H groups in total. The fraction of sp³-hybridized carbons (Fsp3) is 0.174. The maximum absolute atomic E-state index is 12.9. The van der Waals surface area contributed by atoms with Crippen LogP contribution in [-0.2, 0) is 10.0 Å². The molecule has 196 valence electrons. The van der Waals surface area contributed by atoms with Crippen LogP contribution in [0.4, 0.5) is 17.1 Å². The summed E-state index contributed by atoms with van der Waals surface area (Å²) in [4.78, 5) is 28.9. The van der Waals surface area contributed by atoms with Crippen molar-refractivity contribution < 1.29 is 23.0 Å². The third-order valence-electron chi connectivity index (χ3n) is 5.39. The normalized spacial score (nSPS) is 11.3. The topological polar surface area (TPSA) is 185 Å². The fourth-order valence-corrected chi connectivity index (χ4v) is 4.76. The summed E-state index contributed by atoms with van der Waals surface area (Å²) in [5, 5.41) is 27.0. The first-order valence-electron chi connectivity index (χ1n) is 11.0. The average molecular weight is 540 g/mol. The van der Waals surface area contributed by atoms with Crippen molar-refractivity contribution in [3.05, 3.63) is 91.5 Å². The molecule has 0 fully saturated rings. The third-order valence-corrected chi connectivity index (χ3v) is 6.75. The number of hydrogen-bond donors (Lipinski definition) is 1. The number of benzene rings is 2. The Morgan fingerprint density at radius 2 is 1.50 bits per heavy atom. The number of ether oxygens (including phenoxy) is 1. The molecule has 38 heavy (non-hydrogen) atoms. The first-order chi connectivity index (χ1) is 17.8. The van der Waals surface area contributed by atoms with E-state index in [4.69, 9.17) is 4.74 Å². The van der Waals surface area contributed by atoms with E-state index in [1.165, 1.54) is 31.2 Å². The number of sulfonamides is 1. The number of anilines is 1. The Kier molecular flexibility index (Phi) is 6.78. The van der Waals surface area contributed by atoms with Crippen LogP contribution in [0.1, 0.15) is 22.8 Å². The summed E-state index contributed by atoms with van der Waals surface area (Å²) in [7, 11) is -4.39. The van der Waals surface area contributed by atoms with Gasteiger partial charge in [-0.1, -0.05) is 0 Å². The predicted molar refractivity (Wildman–Crippen MR) is 135 cm³/mol. The van der Waals surface area contributed by atoms with Gasteiger partial charge in [-0.25, -0.2) is 18.1 Å². The van der Waals surface area contributed by atoms with E-state index in [9.17, 15) is 28.6 Å². The molecule has 2 heterocycles. The minimum atomic E-state index is -4.39. The molecule has 0 bridgehead atoms. The highest BCUT2D eigenvalue weighted by Crippen LogP contribution is 2.32. The molecule has 0 aliphatic heterocycles. The van der Waals surface area contributed by atoms with Gasteiger partial charge < -0.3 is 4.74 Å². The van der Waals surface area contributed by atoms with Crippen LogP contribution in [0.3, 0.4) is 0 Å². The van der Waals surface area contributed by atoms with Crippen LogP contribution in [0, 0.1) is 47.9 Å². The Morgan fingerprint density at radius 1 is 0.895 bits per heavy atom. The maximum Gasteiger partial charge on any atom is 0.280 e. The van der Waals surface area contributed by atoms with Gasteiger partial charge in [0.25, 0.3) is 21.4 Å². The molecule has 0 saturated carbocycles. The van der Waals surface area contributed by atoms with E-state index in [0.29, 0.717) is 17.4 Å². The summed E-state index contributed by atoms with van der Waals surface area (Å²) in [6.07, 6.45) is 0. The largest absolute Gasteiger partial charge is 0.439 e. The van der Waals surface area contributed by atoms with Gasteiger partial charge in [0.1, 0.15) is 22.0 Å². The Morgan fingerprint density at radius 3 is 2.03 bits per heavy atom. The molecule has 0 aliphatic rings. The number of aryl methyl sites for hydroxylation is 3. The minimum Gasteiger partial charge on any atom is -0.439 e. The summed E-state index contributed by atoms with van der Waals surface area (Å²) in [6, 6.07) is 10.8. The van der Waals surface area contributed by atoms with Crippen LogP contribution < -0.4 is 9.46 Å². The smallest absolute Gasteiger partial charge is 0.280 e. The summed E-state index contributed by atoms with van der Waals surface area (Å²) in [5.74, 6) is 1.55. The lowest BCUT2D eigenvalue weighted by atomic mass is 10.1. The molecular weight excluding hydrogens is 518 g/mol. The van der Waals surface area contributed by atoms with Crippen LogP contribution >= 0.6 is 0 Å². The lowest BCUT2D eigenvalue weighted by Gasteiger charge is -2.11. The first-order valence-corrected chi connectivity index (χ1v) is 12.5. The first kappa shape index (κ1) is 26.2. The van der Waals surface area contributed by atoms with E-state index in [0.717, 1.165) is 23.5 Å². The second-order valence-electron chi connectivity index (χ2n) is 8.28. The molecule has 0 saturated heterocycles. The van der Waals surface area contributed by atoms with Gasteiger partial charge in [0.2, 0.25) is 5.88 Å². The second-order valence-corrected chi connectivity index (χ2v) is 9.97. The lowest BCUT2D eigenvalue weighted by molar-refractivity contribution is -0.395. The SMILES string of the molecule is Cc1cc(C)n(-c2cc(Oc3ccc(NS(=O)(=O)c4cc([N+](=O)[O-])c(C)c([N+](=O)[O-])c4)cc3)nc(C)n2)n1. The zero-order valence-corrected chi connectivity index (χ0v) is 21.4. The highest BCUT2D eigenvalue weighted by molar-refractivity contribution is 7.92. The summed E-state index contributed by atoms with van der Waals surface area (Å²) >= 11 is 0. The highest BCUT2D eigenvalue weighted by atomic mass is 32.2. The van der Waals surface area contributed by atoms with Crippen molar-refractivity contribution in [1.29, 1.82) is 0 Å². The van der Waals surface area contributed by atoms with Crippen molar-refractivity contribution in [2.24, 2.45) is 0 Å². The Hall–Kier alpha value is -4.92. The van der Waals surface area contributed by atoms with Gasteiger partial charge in [-0.15, -0.1) is 0 Å². The molecule has 0 radical (unpaired) electrons. The molecule has 4 aromatic rings. The molecule has 4 rings (SSSR count). The van der Waals surface area contributed by atoms with Crippen LogP contribution in [0.2, 0.25) is 0 Å². The van der Waals surface area contributed by atoms with Gasteiger partial charge in [-0.3, -0.25) is 25.0 Å². The maximum atomic E-state index is 12.9.